The van der Waals surface area contributed by atoms with E-state index in [4.69, 9.17) is 4.74 Å². The van der Waals surface area contributed by atoms with Crippen LogP contribution < -0.4 is 0 Å². The Hall–Kier alpha value is -0.530. The molecule has 0 heterocycles. The van der Waals surface area contributed by atoms with E-state index in [1.807, 2.05) is 0 Å². The van der Waals surface area contributed by atoms with Crippen LogP contribution in [-0.4, -0.2) is 12.6 Å². The number of carbonyl (C=O) groups is 1. The van der Waals surface area contributed by atoms with Crippen molar-refractivity contribution < 1.29 is 9.53 Å². The van der Waals surface area contributed by atoms with Gasteiger partial charge in [0.25, 0.3) is 0 Å². The molecule has 0 aliphatic rings. The van der Waals surface area contributed by atoms with E-state index in [1.165, 1.54) is 148 Å². The number of unbranched alkanes of at least 4 members (excludes halogenated alkanes) is 21. The molecule has 0 spiro atoms. The Bertz CT molecular complexity index is 429. The van der Waals surface area contributed by atoms with Crippen LogP contribution in [0.25, 0.3) is 0 Å². The summed E-state index contributed by atoms with van der Waals surface area (Å²) in [6.07, 6.45) is 34.4. The maximum Gasteiger partial charge on any atom is 0.305 e. The topological polar surface area (TPSA) is 26.3 Å². The van der Waals surface area contributed by atoms with E-state index in [2.05, 4.69) is 27.7 Å². The van der Waals surface area contributed by atoms with Gasteiger partial charge in [-0.3, -0.25) is 4.79 Å². The third-order valence-corrected chi connectivity index (χ3v) is 7.60. The highest BCUT2D eigenvalue weighted by Gasteiger charge is 2.03. The molecule has 0 amide bonds. The van der Waals surface area contributed by atoms with Gasteiger partial charge in [0.2, 0.25) is 0 Å². The predicted octanol–water partition coefficient (Wildman–Crippen LogP) is 12.0. The lowest BCUT2D eigenvalue weighted by Gasteiger charge is -2.06. The SMILES string of the molecule is CC(C)CCCCCCCCCCCCCCCCCCC(=O)OCCCCCCCCCC(C)C. The molecule has 0 unspecified atom stereocenters. The highest BCUT2D eigenvalue weighted by atomic mass is 16.5. The minimum Gasteiger partial charge on any atom is -0.466 e. The first-order chi connectivity index (χ1) is 17.5. The quantitative estimate of drug-likeness (QED) is 0.0741. The van der Waals surface area contributed by atoms with Crippen molar-refractivity contribution in [2.75, 3.05) is 6.61 Å². The van der Waals surface area contributed by atoms with Crippen LogP contribution >= 0.6 is 0 Å². The molecule has 0 aliphatic carbocycles. The smallest absolute Gasteiger partial charge is 0.305 e. The molecule has 0 fully saturated rings. The fourth-order valence-electron chi connectivity index (χ4n) is 5.09. The monoisotopic (exact) mass is 509 g/mol. The third-order valence-electron chi connectivity index (χ3n) is 7.60. The van der Waals surface area contributed by atoms with E-state index in [0.717, 1.165) is 24.7 Å². The standard InChI is InChI=1S/C34H68O2/c1-32(2)28-24-20-16-13-11-9-7-5-6-8-10-12-14-18-22-26-30-34(35)36-31-27-23-19-15-17-21-25-29-33(3)4/h32-33H,5-31H2,1-4H3. The molecule has 0 aromatic rings. The van der Waals surface area contributed by atoms with Crippen molar-refractivity contribution in [3.63, 3.8) is 0 Å². The lowest BCUT2D eigenvalue weighted by Crippen LogP contribution is -2.05. The first-order valence-electron chi connectivity index (χ1n) is 16.7. The number of hydrogen-bond donors (Lipinski definition) is 0. The summed E-state index contributed by atoms with van der Waals surface area (Å²) in [5.41, 5.74) is 0. The molecule has 216 valence electrons. The summed E-state index contributed by atoms with van der Waals surface area (Å²) in [7, 11) is 0. The second-order valence-electron chi connectivity index (χ2n) is 12.5. The first-order valence-corrected chi connectivity index (χ1v) is 16.7. The number of rotatable bonds is 29. The lowest BCUT2D eigenvalue weighted by atomic mass is 10.0. The highest BCUT2D eigenvalue weighted by molar-refractivity contribution is 5.69. The van der Waals surface area contributed by atoms with E-state index >= 15 is 0 Å². The van der Waals surface area contributed by atoms with Crippen molar-refractivity contribution in [2.24, 2.45) is 11.8 Å². The van der Waals surface area contributed by atoms with Gasteiger partial charge in [0.1, 0.15) is 0 Å². The highest BCUT2D eigenvalue weighted by Crippen LogP contribution is 2.16. The second-order valence-corrected chi connectivity index (χ2v) is 12.5. The summed E-state index contributed by atoms with van der Waals surface area (Å²) < 4.78 is 5.41. The Labute approximate surface area is 228 Å². The van der Waals surface area contributed by atoms with Gasteiger partial charge in [-0.15, -0.1) is 0 Å². The number of carbonyl (C=O) groups excluding carboxylic acids is 1. The fourth-order valence-corrected chi connectivity index (χ4v) is 5.09. The minimum absolute atomic E-state index is 0.0230. The number of hydrogen-bond acceptors (Lipinski definition) is 2. The van der Waals surface area contributed by atoms with Gasteiger partial charge in [-0.2, -0.15) is 0 Å². The Balaban J connectivity index is 3.15. The molecular weight excluding hydrogens is 440 g/mol. The molecule has 36 heavy (non-hydrogen) atoms. The van der Waals surface area contributed by atoms with Crippen LogP contribution in [0.4, 0.5) is 0 Å². The summed E-state index contributed by atoms with van der Waals surface area (Å²) in [6.45, 7) is 9.91. The van der Waals surface area contributed by atoms with Gasteiger partial charge < -0.3 is 4.74 Å². The fraction of sp³-hybridized carbons (Fsp3) is 0.971. The molecule has 2 nitrogen and oxygen atoms in total. The van der Waals surface area contributed by atoms with Crippen LogP contribution in [0, 0.1) is 11.8 Å². The Morgan fingerprint density at radius 2 is 0.694 bits per heavy atom. The van der Waals surface area contributed by atoms with Gasteiger partial charge in [-0.05, 0) is 24.7 Å². The number of esters is 1. The lowest BCUT2D eigenvalue weighted by molar-refractivity contribution is -0.143. The van der Waals surface area contributed by atoms with Crippen molar-refractivity contribution in [3.05, 3.63) is 0 Å². The predicted molar refractivity (Wildman–Crippen MR) is 161 cm³/mol. The van der Waals surface area contributed by atoms with E-state index in [1.54, 1.807) is 0 Å². The molecule has 0 bridgehead atoms. The van der Waals surface area contributed by atoms with E-state index in [0.29, 0.717) is 13.0 Å². The molecule has 0 atom stereocenters. The van der Waals surface area contributed by atoms with Crippen LogP contribution in [-0.2, 0) is 9.53 Å². The summed E-state index contributed by atoms with van der Waals surface area (Å²) in [5.74, 6) is 1.75. The molecule has 0 radical (unpaired) electrons. The average Bonchev–Trinajstić information content (AvgIpc) is 2.84. The van der Waals surface area contributed by atoms with Crippen LogP contribution in [0.2, 0.25) is 0 Å². The molecule has 2 heteroatoms. The first kappa shape index (κ1) is 35.5. The average molecular weight is 509 g/mol. The largest absolute Gasteiger partial charge is 0.466 e. The van der Waals surface area contributed by atoms with Gasteiger partial charge in [-0.25, -0.2) is 0 Å². The minimum atomic E-state index is 0.0230. The number of ether oxygens (including phenoxy) is 1. The van der Waals surface area contributed by atoms with Gasteiger partial charge >= 0.3 is 5.97 Å². The van der Waals surface area contributed by atoms with Crippen LogP contribution in [0.1, 0.15) is 195 Å². The summed E-state index contributed by atoms with van der Waals surface area (Å²) in [5, 5.41) is 0. The van der Waals surface area contributed by atoms with Gasteiger partial charge in [0.05, 0.1) is 6.61 Å². The van der Waals surface area contributed by atoms with Crippen molar-refractivity contribution in [2.45, 2.75) is 195 Å². The van der Waals surface area contributed by atoms with Crippen LogP contribution in [0.15, 0.2) is 0 Å². The normalized spacial score (nSPS) is 11.6. The van der Waals surface area contributed by atoms with Crippen LogP contribution in [0.5, 0.6) is 0 Å². The third kappa shape index (κ3) is 31.5. The second kappa shape index (κ2) is 29.0. The maximum atomic E-state index is 11.9. The van der Waals surface area contributed by atoms with Crippen molar-refractivity contribution >= 4 is 5.97 Å². The Kier molecular flexibility index (Phi) is 28.6. The maximum absolute atomic E-state index is 11.9. The summed E-state index contributed by atoms with van der Waals surface area (Å²) in [4.78, 5) is 11.9. The molecule has 0 aromatic heterocycles. The molecule has 0 N–H and O–H groups in total. The zero-order valence-corrected chi connectivity index (χ0v) is 25.6. The van der Waals surface area contributed by atoms with E-state index < -0.39 is 0 Å². The molecule has 0 rings (SSSR count). The van der Waals surface area contributed by atoms with Crippen molar-refractivity contribution in [1.29, 1.82) is 0 Å². The molecule has 0 aromatic carbocycles. The molecular formula is C34H68O2. The molecule has 0 saturated carbocycles. The zero-order valence-electron chi connectivity index (χ0n) is 25.6. The summed E-state index contributed by atoms with van der Waals surface area (Å²) >= 11 is 0. The molecule has 0 saturated heterocycles. The Morgan fingerprint density at radius 1 is 0.417 bits per heavy atom. The van der Waals surface area contributed by atoms with Crippen molar-refractivity contribution in [1.82, 2.24) is 0 Å². The van der Waals surface area contributed by atoms with E-state index in [9.17, 15) is 4.79 Å². The van der Waals surface area contributed by atoms with Crippen LogP contribution in [0.3, 0.4) is 0 Å². The molecule has 0 aliphatic heterocycles. The van der Waals surface area contributed by atoms with Gasteiger partial charge in [0.15, 0.2) is 0 Å². The van der Waals surface area contributed by atoms with Crippen molar-refractivity contribution in [3.8, 4) is 0 Å². The zero-order chi connectivity index (χ0) is 26.5. The van der Waals surface area contributed by atoms with Gasteiger partial charge in [-0.1, -0.05) is 175 Å². The summed E-state index contributed by atoms with van der Waals surface area (Å²) in [6, 6.07) is 0. The van der Waals surface area contributed by atoms with Gasteiger partial charge in [0, 0.05) is 6.42 Å². The Morgan fingerprint density at radius 3 is 1.03 bits per heavy atom. The van der Waals surface area contributed by atoms with E-state index in [-0.39, 0.29) is 5.97 Å².